The molecule has 0 amide bonds. The third kappa shape index (κ3) is 10.5. The lowest BCUT2D eigenvalue weighted by molar-refractivity contribution is -0.136. The summed E-state index contributed by atoms with van der Waals surface area (Å²) in [6, 6.07) is 41.0. The molecule has 7 rings (SSSR count). The largest absolute Gasteiger partial charge is 0.494 e. The number of anilines is 7. The summed E-state index contributed by atoms with van der Waals surface area (Å²) in [5.41, 5.74) is 21.6. The minimum absolute atomic E-state index is 0.195. The van der Waals surface area contributed by atoms with Gasteiger partial charge in [-0.3, -0.25) is 0 Å². The number of rotatable bonds is 18. The summed E-state index contributed by atoms with van der Waals surface area (Å²) in [6.45, 7) is 0.874. The van der Waals surface area contributed by atoms with E-state index >= 15 is 0 Å². The van der Waals surface area contributed by atoms with Crippen molar-refractivity contribution in [3.63, 3.8) is 0 Å². The lowest BCUT2D eigenvalue weighted by atomic mass is 10.0. The molecule has 6 N–H and O–H groups in total. The van der Waals surface area contributed by atoms with E-state index in [0.717, 1.165) is 81.8 Å². The van der Waals surface area contributed by atoms with Gasteiger partial charge < -0.3 is 51.4 Å². The Morgan fingerprint density at radius 2 is 1.25 bits per heavy atom. The molecule has 6 aromatic carbocycles. The highest BCUT2D eigenvalue weighted by Gasteiger charge is 2.22. The summed E-state index contributed by atoms with van der Waals surface area (Å²) in [4.78, 5) is 25.9. The maximum absolute atomic E-state index is 12.9. The summed E-state index contributed by atoms with van der Waals surface area (Å²) in [5, 5.41) is 9.40. The predicted octanol–water partition coefficient (Wildman–Crippen LogP) is 9.65. The SMILES string of the molecule is C#CC(=O)OCCCCCCOc1ccc(C(=O)Oc2ccc(C3Nc4cccc5c(NNc6ccc(NNc7ccc(N(C)C)cc7)cc6)ccc(c45)N3)cc2)cc1. The zero-order valence-corrected chi connectivity index (χ0v) is 33.0. The summed E-state index contributed by atoms with van der Waals surface area (Å²) in [7, 11) is 4.05. The number of carbonyl (C=O) groups excluding carboxylic acids is 2. The van der Waals surface area contributed by atoms with Crippen LogP contribution >= 0.6 is 0 Å². The van der Waals surface area contributed by atoms with Crippen LogP contribution in [0.5, 0.6) is 11.5 Å². The number of hydrogen-bond acceptors (Lipinski definition) is 12. The Morgan fingerprint density at radius 1 is 0.661 bits per heavy atom. The van der Waals surface area contributed by atoms with Crippen LogP contribution in [0, 0.1) is 12.3 Å². The molecule has 6 aromatic rings. The Hall–Kier alpha value is -7.52. The van der Waals surface area contributed by atoms with Crippen molar-refractivity contribution in [1.82, 2.24) is 0 Å². The third-order valence-electron chi connectivity index (χ3n) is 9.77. The highest BCUT2D eigenvalue weighted by Crippen LogP contribution is 2.41. The number of terminal acetylenes is 1. The quantitative estimate of drug-likeness (QED) is 0.0124. The van der Waals surface area contributed by atoms with E-state index < -0.39 is 11.9 Å². The molecular formula is C47H47N7O5. The monoisotopic (exact) mass is 789 g/mol. The highest BCUT2D eigenvalue weighted by molar-refractivity contribution is 6.10. The fraction of sp³-hybridized carbons (Fsp3) is 0.191. The number of benzene rings is 6. The normalized spacial score (nSPS) is 12.5. The van der Waals surface area contributed by atoms with Crippen LogP contribution in [0.4, 0.5) is 39.8 Å². The molecule has 1 atom stereocenters. The van der Waals surface area contributed by atoms with Crippen molar-refractivity contribution in [3.8, 4) is 23.8 Å². The zero-order valence-electron chi connectivity index (χ0n) is 33.0. The number of hydrogen-bond donors (Lipinski definition) is 6. The van der Waals surface area contributed by atoms with E-state index in [1.807, 2.05) is 74.6 Å². The van der Waals surface area contributed by atoms with Crippen LogP contribution in [-0.2, 0) is 9.53 Å². The van der Waals surface area contributed by atoms with Crippen molar-refractivity contribution < 1.29 is 23.8 Å². The molecule has 1 aliphatic rings. The first-order valence-corrected chi connectivity index (χ1v) is 19.5. The summed E-state index contributed by atoms with van der Waals surface area (Å²) >= 11 is 0. The van der Waals surface area contributed by atoms with Crippen LogP contribution in [0.15, 0.2) is 127 Å². The second-order valence-corrected chi connectivity index (χ2v) is 14.2. The van der Waals surface area contributed by atoms with Gasteiger partial charge in [0.25, 0.3) is 0 Å². The lowest BCUT2D eigenvalue weighted by Crippen LogP contribution is -2.23. The van der Waals surface area contributed by atoms with E-state index in [9.17, 15) is 9.59 Å². The Morgan fingerprint density at radius 3 is 1.90 bits per heavy atom. The topological polar surface area (TPSA) is 137 Å². The van der Waals surface area contributed by atoms with Crippen LogP contribution in [0.3, 0.4) is 0 Å². The van der Waals surface area contributed by atoms with Crippen LogP contribution < -0.4 is 46.7 Å². The van der Waals surface area contributed by atoms with Crippen LogP contribution in [0.25, 0.3) is 10.8 Å². The van der Waals surface area contributed by atoms with Crippen molar-refractivity contribution in [2.45, 2.75) is 31.8 Å². The smallest absolute Gasteiger partial charge is 0.384 e. The minimum atomic E-state index is -0.628. The van der Waals surface area contributed by atoms with Crippen LogP contribution in [0.2, 0.25) is 0 Å². The van der Waals surface area contributed by atoms with Gasteiger partial charge in [-0.05, 0) is 134 Å². The Balaban J connectivity index is 0.874. The number of nitrogens with zero attached hydrogens (tertiary/aromatic N) is 1. The average Bonchev–Trinajstić information content (AvgIpc) is 3.27. The van der Waals surface area contributed by atoms with Gasteiger partial charge in [0.2, 0.25) is 0 Å². The number of unbranched alkanes of at least 4 members (excludes halogenated alkanes) is 3. The third-order valence-corrected chi connectivity index (χ3v) is 9.77. The Labute approximate surface area is 344 Å². The molecule has 0 aliphatic carbocycles. The van der Waals surface area contributed by atoms with Gasteiger partial charge in [0, 0.05) is 47.9 Å². The van der Waals surface area contributed by atoms with E-state index in [2.05, 4.69) is 73.6 Å². The molecule has 12 nitrogen and oxygen atoms in total. The van der Waals surface area contributed by atoms with Crippen molar-refractivity contribution >= 4 is 62.5 Å². The number of hydrazine groups is 2. The van der Waals surface area contributed by atoms with E-state index in [0.29, 0.717) is 30.3 Å². The molecule has 0 aromatic heterocycles. The first kappa shape index (κ1) is 39.7. The highest BCUT2D eigenvalue weighted by atomic mass is 16.5. The first-order chi connectivity index (χ1) is 28.8. The number of nitrogens with one attached hydrogen (secondary N) is 6. The predicted molar refractivity (Wildman–Crippen MR) is 237 cm³/mol. The van der Waals surface area contributed by atoms with Gasteiger partial charge in [0.1, 0.15) is 17.7 Å². The van der Waals surface area contributed by atoms with E-state index in [1.54, 1.807) is 36.4 Å². The van der Waals surface area contributed by atoms with Crippen LogP contribution in [-0.4, -0.2) is 39.2 Å². The molecule has 0 spiro atoms. The second kappa shape index (κ2) is 19.1. The number of esters is 2. The lowest BCUT2D eigenvalue weighted by Gasteiger charge is -2.30. The van der Waals surface area contributed by atoms with Gasteiger partial charge in [-0.2, -0.15) is 0 Å². The van der Waals surface area contributed by atoms with E-state index in [-0.39, 0.29) is 6.17 Å². The molecule has 1 unspecified atom stereocenters. The van der Waals surface area contributed by atoms with Gasteiger partial charge in [-0.25, -0.2) is 9.59 Å². The number of ether oxygens (including phenoxy) is 3. The molecule has 300 valence electrons. The minimum Gasteiger partial charge on any atom is -0.494 e. The van der Waals surface area contributed by atoms with Crippen molar-refractivity contribution in [2.75, 3.05) is 64.5 Å². The maximum Gasteiger partial charge on any atom is 0.384 e. The van der Waals surface area contributed by atoms with E-state index in [1.165, 1.54) is 0 Å². The number of carbonyl (C=O) groups is 2. The summed E-state index contributed by atoms with van der Waals surface area (Å²) < 4.78 is 16.4. The summed E-state index contributed by atoms with van der Waals surface area (Å²) in [5.74, 6) is 1.97. The van der Waals surface area contributed by atoms with E-state index in [4.69, 9.17) is 20.6 Å². The van der Waals surface area contributed by atoms with Crippen LogP contribution in [0.1, 0.15) is 47.8 Å². The molecule has 0 bridgehead atoms. The van der Waals surface area contributed by atoms with Crippen molar-refractivity contribution in [2.24, 2.45) is 0 Å². The molecular weight excluding hydrogens is 743 g/mol. The fourth-order valence-electron chi connectivity index (χ4n) is 6.57. The van der Waals surface area contributed by atoms with Gasteiger partial charge in [-0.1, -0.05) is 24.3 Å². The molecule has 0 saturated carbocycles. The Bertz CT molecular complexity index is 2380. The fourth-order valence-corrected chi connectivity index (χ4v) is 6.57. The molecule has 1 aliphatic heterocycles. The van der Waals surface area contributed by atoms with Crippen molar-refractivity contribution in [3.05, 3.63) is 139 Å². The standard InChI is InChI=1S/C47H47N7O5/c1-4-44(55)58-31-8-6-5-7-30-57-38-24-14-33(15-25-38)47(56)59-39-26-12-32(13-27-39)46-48-42-11-9-10-40-41(28-29-43(49-46)45(40)42)53-52-35-18-16-34(17-19-35)50-51-36-20-22-37(23-21-36)54(2)3/h1,9-29,46,48-53H,5-8,30-31H2,2-3H3. The molecule has 1 heterocycles. The molecule has 12 heteroatoms. The molecule has 0 saturated heterocycles. The average molecular weight is 790 g/mol. The molecule has 0 radical (unpaired) electrons. The maximum atomic E-state index is 12.9. The summed E-state index contributed by atoms with van der Waals surface area (Å²) in [6.07, 6.45) is 8.25. The van der Waals surface area contributed by atoms with Gasteiger partial charge >= 0.3 is 11.9 Å². The van der Waals surface area contributed by atoms with Gasteiger partial charge in [-0.15, -0.1) is 6.42 Å². The van der Waals surface area contributed by atoms with Gasteiger partial charge in [0.15, 0.2) is 0 Å². The molecule has 0 fully saturated rings. The zero-order chi connectivity index (χ0) is 41.0. The van der Waals surface area contributed by atoms with Gasteiger partial charge in [0.05, 0.1) is 41.5 Å². The first-order valence-electron chi connectivity index (χ1n) is 19.5. The Kier molecular flexibility index (Phi) is 12.8. The second-order valence-electron chi connectivity index (χ2n) is 14.2. The van der Waals surface area contributed by atoms with Crippen molar-refractivity contribution in [1.29, 1.82) is 0 Å². The molecule has 59 heavy (non-hydrogen) atoms.